The van der Waals surface area contributed by atoms with Crippen LogP contribution in [0, 0.1) is 0 Å². The molecule has 0 aromatic heterocycles. The molecule has 1 aromatic rings. The molecule has 1 aromatic carbocycles. The zero-order valence-electron chi connectivity index (χ0n) is 15.3. The third kappa shape index (κ3) is 7.25. The Morgan fingerprint density at radius 3 is 2.64 bits per heavy atom. The SMILES string of the molecule is COc1ccc(NC(N)=NCCN2CCCN(C)CC2)cc1OC.I. The van der Waals surface area contributed by atoms with E-state index in [1.807, 2.05) is 18.2 Å². The summed E-state index contributed by atoms with van der Waals surface area (Å²) in [7, 11) is 5.39. The highest BCUT2D eigenvalue weighted by molar-refractivity contribution is 14.0. The van der Waals surface area contributed by atoms with Gasteiger partial charge in [-0.15, -0.1) is 24.0 Å². The van der Waals surface area contributed by atoms with Crippen LogP contribution in [-0.2, 0) is 0 Å². The van der Waals surface area contributed by atoms with E-state index in [4.69, 9.17) is 15.2 Å². The van der Waals surface area contributed by atoms with E-state index in [2.05, 4.69) is 27.2 Å². The largest absolute Gasteiger partial charge is 0.493 e. The molecule has 1 heterocycles. The van der Waals surface area contributed by atoms with Gasteiger partial charge in [0.05, 0.1) is 20.8 Å². The van der Waals surface area contributed by atoms with Gasteiger partial charge in [0.25, 0.3) is 0 Å². The van der Waals surface area contributed by atoms with Crippen molar-refractivity contribution in [2.24, 2.45) is 10.7 Å². The Labute approximate surface area is 167 Å². The van der Waals surface area contributed by atoms with Crippen molar-refractivity contribution in [3.05, 3.63) is 18.2 Å². The lowest BCUT2D eigenvalue weighted by Gasteiger charge is -2.18. The monoisotopic (exact) mass is 463 g/mol. The number of aliphatic imine (C=N–C) groups is 1. The lowest BCUT2D eigenvalue weighted by atomic mass is 10.3. The molecule has 0 radical (unpaired) electrons. The van der Waals surface area contributed by atoms with Crippen LogP contribution in [0.3, 0.4) is 0 Å². The molecular formula is C17H30IN5O2. The smallest absolute Gasteiger partial charge is 0.193 e. The third-order valence-electron chi connectivity index (χ3n) is 4.17. The maximum Gasteiger partial charge on any atom is 0.193 e. The lowest BCUT2D eigenvalue weighted by Crippen LogP contribution is -2.32. The molecule has 1 fully saturated rings. The van der Waals surface area contributed by atoms with Gasteiger partial charge in [-0.1, -0.05) is 0 Å². The second-order valence-corrected chi connectivity index (χ2v) is 5.96. The van der Waals surface area contributed by atoms with E-state index in [-0.39, 0.29) is 24.0 Å². The highest BCUT2D eigenvalue weighted by atomic mass is 127. The molecule has 0 atom stereocenters. The number of hydrogen-bond donors (Lipinski definition) is 2. The normalized spacial score (nSPS) is 16.7. The fourth-order valence-corrected chi connectivity index (χ4v) is 2.74. The van der Waals surface area contributed by atoms with Crippen LogP contribution < -0.4 is 20.5 Å². The highest BCUT2D eigenvalue weighted by Gasteiger charge is 2.11. The molecule has 1 saturated heterocycles. The first-order chi connectivity index (χ1) is 11.6. The Morgan fingerprint density at radius 1 is 1.16 bits per heavy atom. The van der Waals surface area contributed by atoms with Crippen LogP contribution in [0.2, 0.25) is 0 Å². The van der Waals surface area contributed by atoms with Gasteiger partial charge >= 0.3 is 0 Å². The Morgan fingerprint density at radius 2 is 1.92 bits per heavy atom. The van der Waals surface area contributed by atoms with Crippen molar-refractivity contribution in [1.82, 2.24) is 9.80 Å². The molecule has 0 saturated carbocycles. The van der Waals surface area contributed by atoms with Gasteiger partial charge in [0.2, 0.25) is 0 Å². The number of nitrogens with zero attached hydrogens (tertiary/aromatic N) is 3. The second-order valence-electron chi connectivity index (χ2n) is 5.96. The van der Waals surface area contributed by atoms with E-state index in [0.717, 1.165) is 31.9 Å². The first kappa shape index (κ1) is 21.8. The summed E-state index contributed by atoms with van der Waals surface area (Å²) in [5, 5.41) is 3.09. The standard InChI is InChI=1S/C17H29N5O2.HI/c1-21-8-4-9-22(12-11-21)10-7-19-17(18)20-14-5-6-15(23-2)16(13-14)24-3;/h5-6,13H,4,7-12H2,1-3H3,(H3,18,19,20);1H. The van der Waals surface area contributed by atoms with Crippen molar-refractivity contribution in [3.8, 4) is 11.5 Å². The van der Waals surface area contributed by atoms with Gasteiger partial charge in [-0.2, -0.15) is 0 Å². The number of nitrogens with one attached hydrogen (secondary N) is 1. The zero-order valence-corrected chi connectivity index (χ0v) is 17.7. The molecule has 0 unspecified atom stereocenters. The van der Waals surface area contributed by atoms with Crippen LogP contribution >= 0.6 is 24.0 Å². The summed E-state index contributed by atoms with van der Waals surface area (Å²) >= 11 is 0. The molecule has 0 aliphatic carbocycles. The Hall–Kier alpha value is -1.26. The minimum atomic E-state index is 0. The third-order valence-corrected chi connectivity index (χ3v) is 4.17. The second kappa shape index (κ2) is 11.4. The van der Waals surface area contributed by atoms with Gasteiger partial charge in [-0.25, -0.2) is 0 Å². The van der Waals surface area contributed by atoms with E-state index in [1.165, 1.54) is 13.0 Å². The molecular weight excluding hydrogens is 433 g/mol. The summed E-state index contributed by atoms with van der Waals surface area (Å²) in [6.07, 6.45) is 1.21. The van der Waals surface area contributed by atoms with Crippen molar-refractivity contribution in [1.29, 1.82) is 0 Å². The van der Waals surface area contributed by atoms with Gasteiger partial charge in [0.1, 0.15) is 0 Å². The maximum atomic E-state index is 5.98. The van der Waals surface area contributed by atoms with E-state index >= 15 is 0 Å². The van der Waals surface area contributed by atoms with Gasteiger partial charge in [-0.3, -0.25) is 4.99 Å². The van der Waals surface area contributed by atoms with Crippen LogP contribution in [0.4, 0.5) is 5.69 Å². The Balaban J connectivity index is 0.00000312. The number of methoxy groups -OCH3 is 2. The van der Waals surface area contributed by atoms with E-state index in [1.54, 1.807) is 14.2 Å². The number of anilines is 1. The summed E-state index contributed by atoms with van der Waals surface area (Å²) < 4.78 is 10.5. The number of guanidine groups is 1. The number of nitrogens with two attached hydrogens (primary N) is 1. The average molecular weight is 463 g/mol. The number of likely N-dealkylation sites (N-methyl/N-ethyl adjacent to an activating group) is 1. The summed E-state index contributed by atoms with van der Waals surface area (Å²) in [5.74, 6) is 1.75. The van der Waals surface area contributed by atoms with Crippen LogP contribution in [-0.4, -0.2) is 76.3 Å². The molecule has 2 rings (SSSR count). The maximum absolute atomic E-state index is 5.98. The minimum Gasteiger partial charge on any atom is -0.493 e. The lowest BCUT2D eigenvalue weighted by molar-refractivity contribution is 0.283. The van der Waals surface area contributed by atoms with E-state index in [9.17, 15) is 0 Å². The molecule has 7 nitrogen and oxygen atoms in total. The summed E-state index contributed by atoms with van der Waals surface area (Å²) in [5.41, 5.74) is 6.80. The molecule has 0 amide bonds. The van der Waals surface area contributed by atoms with Crippen LogP contribution in [0.25, 0.3) is 0 Å². The van der Waals surface area contributed by atoms with E-state index < -0.39 is 0 Å². The number of halogens is 1. The fraction of sp³-hybridized carbons (Fsp3) is 0.588. The number of rotatable bonds is 6. The van der Waals surface area contributed by atoms with Crippen LogP contribution in [0.15, 0.2) is 23.2 Å². The molecule has 3 N–H and O–H groups in total. The first-order valence-corrected chi connectivity index (χ1v) is 8.32. The van der Waals surface area contributed by atoms with Gasteiger partial charge < -0.3 is 30.3 Å². The predicted octanol–water partition coefficient (Wildman–Crippen LogP) is 1.69. The Kier molecular flexibility index (Phi) is 9.91. The van der Waals surface area contributed by atoms with Gasteiger partial charge in [-0.05, 0) is 38.7 Å². The van der Waals surface area contributed by atoms with Crippen molar-refractivity contribution in [2.75, 3.05) is 65.9 Å². The van der Waals surface area contributed by atoms with E-state index in [0.29, 0.717) is 24.0 Å². The summed E-state index contributed by atoms with van der Waals surface area (Å²) in [6.45, 7) is 6.13. The molecule has 0 spiro atoms. The molecule has 142 valence electrons. The molecule has 0 bridgehead atoms. The van der Waals surface area contributed by atoms with Gasteiger partial charge in [0, 0.05) is 31.4 Å². The number of ether oxygens (including phenoxy) is 2. The minimum absolute atomic E-state index is 0. The summed E-state index contributed by atoms with van der Waals surface area (Å²) in [4.78, 5) is 9.23. The fourth-order valence-electron chi connectivity index (χ4n) is 2.74. The molecule has 8 heteroatoms. The number of hydrogen-bond acceptors (Lipinski definition) is 5. The Bertz CT molecular complexity index is 556. The quantitative estimate of drug-likeness (QED) is 0.380. The first-order valence-electron chi connectivity index (χ1n) is 8.32. The van der Waals surface area contributed by atoms with Crippen molar-refractivity contribution < 1.29 is 9.47 Å². The van der Waals surface area contributed by atoms with Crippen molar-refractivity contribution in [2.45, 2.75) is 6.42 Å². The zero-order chi connectivity index (χ0) is 17.4. The molecule has 1 aliphatic rings. The number of benzene rings is 1. The van der Waals surface area contributed by atoms with Crippen LogP contribution in [0.5, 0.6) is 11.5 Å². The molecule has 25 heavy (non-hydrogen) atoms. The highest BCUT2D eigenvalue weighted by Crippen LogP contribution is 2.29. The summed E-state index contributed by atoms with van der Waals surface area (Å²) in [6, 6.07) is 5.56. The van der Waals surface area contributed by atoms with Gasteiger partial charge in [0.15, 0.2) is 17.5 Å². The van der Waals surface area contributed by atoms with Crippen molar-refractivity contribution in [3.63, 3.8) is 0 Å². The van der Waals surface area contributed by atoms with Crippen LogP contribution in [0.1, 0.15) is 6.42 Å². The average Bonchev–Trinajstić information content (AvgIpc) is 2.79. The topological polar surface area (TPSA) is 75.4 Å². The van der Waals surface area contributed by atoms with Crippen molar-refractivity contribution >= 4 is 35.6 Å². The predicted molar refractivity (Wildman–Crippen MR) is 114 cm³/mol. The molecule has 1 aliphatic heterocycles.